The average molecular weight is 231 g/mol. The van der Waals surface area contributed by atoms with Gasteiger partial charge >= 0.3 is 0 Å². The number of hydrogen-bond donors (Lipinski definition) is 3. The Labute approximate surface area is 94.9 Å². The van der Waals surface area contributed by atoms with E-state index in [2.05, 4.69) is 5.32 Å². The highest BCUT2D eigenvalue weighted by atomic mass is 35.5. The summed E-state index contributed by atoms with van der Waals surface area (Å²) in [7, 11) is 0. The molecule has 0 aromatic heterocycles. The molecule has 0 atom stereocenters. The minimum atomic E-state index is -0.267. The van der Waals surface area contributed by atoms with Crippen LogP contribution in [-0.4, -0.2) is 24.1 Å². The van der Waals surface area contributed by atoms with Gasteiger partial charge in [0, 0.05) is 6.54 Å². The van der Waals surface area contributed by atoms with Crippen molar-refractivity contribution in [3.8, 4) is 5.75 Å². The molecule has 4 nitrogen and oxygen atoms in total. The van der Waals surface area contributed by atoms with E-state index in [0.29, 0.717) is 18.7 Å². The number of phenolic OH excluding ortho intramolecular Hbond substituents is 1. The van der Waals surface area contributed by atoms with Gasteiger partial charge in [0.25, 0.3) is 5.91 Å². The SMILES string of the molecule is Cl.NCCCNC(=O)c1ccccc1O. The summed E-state index contributed by atoms with van der Waals surface area (Å²) in [6.45, 7) is 1.07. The highest BCUT2D eigenvalue weighted by Crippen LogP contribution is 2.14. The maximum Gasteiger partial charge on any atom is 0.255 e. The highest BCUT2D eigenvalue weighted by Gasteiger charge is 2.08. The maximum absolute atomic E-state index is 11.4. The zero-order chi connectivity index (χ0) is 10.4. The van der Waals surface area contributed by atoms with Crippen molar-refractivity contribution in [1.82, 2.24) is 5.32 Å². The molecule has 0 unspecified atom stereocenters. The van der Waals surface area contributed by atoms with Crippen LogP contribution in [0.2, 0.25) is 0 Å². The predicted octanol–water partition coefficient (Wildman–Crippen LogP) is 0.893. The van der Waals surface area contributed by atoms with E-state index < -0.39 is 0 Å². The molecule has 5 heteroatoms. The number of amides is 1. The molecule has 0 radical (unpaired) electrons. The van der Waals surface area contributed by atoms with E-state index in [1.807, 2.05) is 0 Å². The van der Waals surface area contributed by atoms with Crippen LogP contribution in [0.15, 0.2) is 24.3 Å². The van der Waals surface area contributed by atoms with Crippen molar-refractivity contribution in [2.75, 3.05) is 13.1 Å². The topological polar surface area (TPSA) is 75.3 Å². The molecule has 0 saturated carbocycles. The summed E-state index contributed by atoms with van der Waals surface area (Å²) >= 11 is 0. The summed E-state index contributed by atoms with van der Waals surface area (Å²) in [6, 6.07) is 6.44. The van der Waals surface area contributed by atoms with Gasteiger partial charge in [-0.1, -0.05) is 12.1 Å². The summed E-state index contributed by atoms with van der Waals surface area (Å²) in [5.74, 6) is -0.269. The number of aromatic hydroxyl groups is 1. The van der Waals surface area contributed by atoms with Crippen LogP contribution in [0.25, 0.3) is 0 Å². The Bertz CT molecular complexity index is 318. The smallest absolute Gasteiger partial charge is 0.255 e. The largest absolute Gasteiger partial charge is 0.507 e. The molecule has 0 bridgehead atoms. The molecule has 0 aliphatic carbocycles. The third-order valence-corrected chi connectivity index (χ3v) is 1.82. The Hall–Kier alpha value is -1.26. The zero-order valence-corrected chi connectivity index (χ0v) is 9.09. The number of hydrogen-bond acceptors (Lipinski definition) is 3. The van der Waals surface area contributed by atoms with Gasteiger partial charge in [-0.25, -0.2) is 0 Å². The number of phenols is 1. The van der Waals surface area contributed by atoms with Crippen molar-refractivity contribution < 1.29 is 9.90 Å². The Morgan fingerprint density at radius 2 is 2.07 bits per heavy atom. The van der Waals surface area contributed by atoms with E-state index in [4.69, 9.17) is 5.73 Å². The number of halogens is 1. The molecule has 4 N–H and O–H groups in total. The first-order valence-electron chi connectivity index (χ1n) is 4.52. The first-order chi connectivity index (χ1) is 6.75. The molecule has 15 heavy (non-hydrogen) atoms. The summed E-state index contributed by atoms with van der Waals surface area (Å²) in [5.41, 5.74) is 5.58. The van der Waals surface area contributed by atoms with E-state index in [-0.39, 0.29) is 24.1 Å². The minimum Gasteiger partial charge on any atom is -0.507 e. The molecule has 0 saturated heterocycles. The van der Waals surface area contributed by atoms with Crippen molar-refractivity contribution in [2.24, 2.45) is 5.73 Å². The number of nitrogens with two attached hydrogens (primary N) is 1. The van der Waals surface area contributed by atoms with Gasteiger partial charge in [0.15, 0.2) is 0 Å². The van der Waals surface area contributed by atoms with Gasteiger partial charge in [-0.3, -0.25) is 4.79 Å². The van der Waals surface area contributed by atoms with Crippen molar-refractivity contribution >= 4 is 18.3 Å². The summed E-state index contributed by atoms with van der Waals surface area (Å²) in [4.78, 5) is 11.4. The number of carbonyl (C=O) groups is 1. The van der Waals surface area contributed by atoms with Crippen molar-refractivity contribution in [2.45, 2.75) is 6.42 Å². The maximum atomic E-state index is 11.4. The summed E-state index contributed by atoms with van der Waals surface area (Å²) in [6.07, 6.45) is 0.735. The van der Waals surface area contributed by atoms with Crippen molar-refractivity contribution in [3.05, 3.63) is 29.8 Å². The molecule has 0 fully saturated rings. The highest BCUT2D eigenvalue weighted by molar-refractivity contribution is 5.96. The normalized spacial score (nSPS) is 9.13. The Morgan fingerprint density at radius 3 is 2.67 bits per heavy atom. The third-order valence-electron chi connectivity index (χ3n) is 1.82. The fourth-order valence-corrected chi connectivity index (χ4v) is 1.06. The van der Waals surface area contributed by atoms with Crippen LogP contribution in [0, 0.1) is 0 Å². The second-order valence-electron chi connectivity index (χ2n) is 2.92. The molecule has 84 valence electrons. The molecular weight excluding hydrogens is 216 g/mol. The number of benzene rings is 1. The molecule has 0 aliphatic heterocycles. The van der Waals surface area contributed by atoms with Gasteiger partial charge in [0.05, 0.1) is 5.56 Å². The van der Waals surface area contributed by atoms with Crippen LogP contribution in [0.1, 0.15) is 16.8 Å². The standard InChI is InChI=1S/C10H14N2O2.ClH/c11-6-3-7-12-10(14)8-4-1-2-5-9(8)13;/h1-2,4-5,13H,3,6-7,11H2,(H,12,14);1H. The van der Waals surface area contributed by atoms with Gasteiger partial charge in [0.2, 0.25) is 0 Å². The Balaban J connectivity index is 0.00000196. The number of para-hydroxylation sites is 1. The second kappa shape index (κ2) is 7.09. The fraction of sp³-hybridized carbons (Fsp3) is 0.300. The first-order valence-corrected chi connectivity index (χ1v) is 4.52. The quantitative estimate of drug-likeness (QED) is 0.673. The van der Waals surface area contributed by atoms with Crippen LogP contribution in [-0.2, 0) is 0 Å². The lowest BCUT2D eigenvalue weighted by Gasteiger charge is -2.05. The molecule has 0 aliphatic rings. The lowest BCUT2D eigenvalue weighted by molar-refractivity contribution is 0.0951. The molecule has 1 aromatic carbocycles. The first kappa shape index (κ1) is 13.7. The third kappa shape index (κ3) is 4.18. The Morgan fingerprint density at radius 1 is 1.40 bits per heavy atom. The molecule has 0 spiro atoms. The van der Waals surface area contributed by atoms with E-state index in [0.717, 1.165) is 6.42 Å². The minimum absolute atomic E-state index is 0. The summed E-state index contributed by atoms with van der Waals surface area (Å²) < 4.78 is 0. The molecule has 0 heterocycles. The van der Waals surface area contributed by atoms with E-state index in [1.54, 1.807) is 18.2 Å². The lowest BCUT2D eigenvalue weighted by Crippen LogP contribution is -2.25. The number of carbonyl (C=O) groups excluding carboxylic acids is 1. The fourth-order valence-electron chi connectivity index (χ4n) is 1.06. The molecule has 1 aromatic rings. The van der Waals surface area contributed by atoms with Crippen LogP contribution >= 0.6 is 12.4 Å². The Kier molecular flexibility index (Phi) is 6.49. The number of rotatable bonds is 4. The van der Waals surface area contributed by atoms with Crippen molar-refractivity contribution in [1.29, 1.82) is 0 Å². The zero-order valence-electron chi connectivity index (χ0n) is 8.27. The number of nitrogens with one attached hydrogen (secondary N) is 1. The van der Waals surface area contributed by atoms with Crippen molar-refractivity contribution in [3.63, 3.8) is 0 Å². The van der Waals surface area contributed by atoms with E-state index in [9.17, 15) is 9.90 Å². The molecular formula is C10H15ClN2O2. The van der Waals surface area contributed by atoms with Gasteiger partial charge in [-0.2, -0.15) is 0 Å². The monoisotopic (exact) mass is 230 g/mol. The van der Waals surface area contributed by atoms with Gasteiger partial charge in [-0.15, -0.1) is 12.4 Å². The van der Waals surface area contributed by atoms with Crippen LogP contribution in [0.4, 0.5) is 0 Å². The average Bonchev–Trinajstić information content (AvgIpc) is 2.18. The summed E-state index contributed by atoms with van der Waals surface area (Å²) in [5, 5.41) is 12.0. The second-order valence-corrected chi connectivity index (χ2v) is 2.92. The van der Waals surface area contributed by atoms with Crippen LogP contribution in [0.5, 0.6) is 5.75 Å². The van der Waals surface area contributed by atoms with Gasteiger partial charge in [-0.05, 0) is 25.1 Å². The molecule has 1 amide bonds. The van der Waals surface area contributed by atoms with Crippen LogP contribution < -0.4 is 11.1 Å². The van der Waals surface area contributed by atoms with Gasteiger partial charge < -0.3 is 16.2 Å². The molecule has 1 rings (SSSR count). The lowest BCUT2D eigenvalue weighted by atomic mass is 10.2. The van der Waals surface area contributed by atoms with E-state index in [1.165, 1.54) is 6.07 Å². The predicted molar refractivity (Wildman–Crippen MR) is 61.4 cm³/mol. The van der Waals surface area contributed by atoms with Crippen LogP contribution in [0.3, 0.4) is 0 Å². The van der Waals surface area contributed by atoms with Gasteiger partial charge in [0.1, 0.15) is 5.75 Å². The van der Waals surface area contributed by atoms with E-state index >= 15 is 0 Å².